The normalized spacial score (nSPS) is 12.0. The molecule has 0 unspecified atom stereocenters. The van der Waals surface area contributed by atoms with Crippen molar-refractivity contribution in [3.05, 3.63) is 58.7 Å². The fraction of sp³-hybridized carbons (Fsp3) is 0.500. The van der Waals surface area contributed by atoms with Crippen LogP contribution in [0.2, 0.25) is 0 Å². The van der Waals surface area contributed by atoms with Crippen LogP contribution in [0, 0.1) is 0 Å². The summed E-state index contributed by atoms with van der Waals surface area (Å²) < 4.78 is 0. The van der Waals surface area contributed by atoms with Crippen LogP contribution in [-0.2, 0) is 0 Å². The molecule has 0 aliphatic heterocycles. The minimum absolute atomic E-state index is 0.527. The molecule has 0 fully saturated rings. The van der Waals surface area contributed by atoms with Crippen molar-refractivity contribution in [1.82, 2.24) is 0 Å². The molecule has 2 rings (SSSR count). The predicted octanol–water partition coefficient (Wildman–Crippen LogP) is 7.85. The van der Waals surface area contributed by atoms with E-state index >= 15 is 0 Å². The van der Waals surface area contributed by atoms with Crippen molar-refractivity contribution in [2.24, 2.45) is 0 Å². The van der Waals surface area contributed by atoms with Crippen molar-refractivity contribution >= 4 is 0 Å². The Morgan fingerprint density at radius 2 is 1.21 bits per heavy atom. The molecule has 0 radical (unpaired) electrons. The Kier molecular flexibility index (Phi) is 5.91. The lowest BCUT2D eigenvalue weighted by molar-refractivity contribution is 0.750. The highest BCUT2D eigenvalue weighted by atomic mass is 14.2. The van der Waals surface area contributed by atoms with Crippen LogP contribution < -0.4 is 0 Å². The predicted molar refractivity (Wildman–Crippen MR) is 108 cm³/mol. The quantitative estimate of drug-likeness (QED) is 0.525. The summed E-state index contributed by atoms with van der Waals surface area (Å²) in [4.78, 5) is 0. The zero-order chi connectivity index (χ0) is 18.0. The highest BCUT2D eigenvalue weighted by Gasteiger charge is 2.20. The second-order valence-electron chi connectivity index (χ2n) is 8.27. The first-order valence-electron chi connectivity index (χ1n) is 9.51. The fourth-order valence-electron chi connectivity index (χ4n) is 3.74. The first-order valence-corrected chi connectivity index (χ1v) is 9.51. The molecule has 2 aromatic carbocycles. The molecular formula is C24H34. The van der Waals surface area contributed by atoms with Gasteiger partial charge in [-0.1, -0.05) is 91.8 Å². The van der Waals surface area contributed by atoms with Gasteiger partial charge in [0.05, 0.1) is 0 Å². The van der Waals surface area contributed by atoms with Crippen molar-refractivity contribution in [2.45, 2.75) is 79.1 Å². The Morgan fingerprint density at radius 3 is 1.71 bits per heavy atom. The van der Waals surface area contributed by atoms with Crippen molar-refractivity contribution in [3.8, 4) is 11.1 Å². The summed E-state index contributed by atoms with van der Waals surface area (Å²) in [5, 5.41) is 0. The standard InChI is InChI=1S/C24H34/c1-15(2)19-10-9-11-20(14-19)22-13-12-21(16(3)4)23(17(5)6)24(22)18(7)8/h9-18H,1-8H3. The molecule has 130 valence electrons. The van der Waals surface area contributed by atoms with E-state index in [1.165, 1.54) is 27.8 Å². The van der Waals surface area contributed by atoms with Crippen LogP contribution in [0.15, 0.2) is 36.4 Å². The van der Waals surface area contributed by atoms with Crippen LogP contribution >= 0.6 is 0 Å². The van der Waals surface area contributed by atoms with Crippen molar-refractivity contribution < 1.29 is 0 Å². The second kappa shape index (κ2) is 7.55. The van der Waals surface area contributed by atoms with Crippen LogP contribution in [0.25, 0.3) is 11.1 Å². The van der Waals surface area contributed by atoms with E-state index in [2.05, 4.69) is 91.8 Å². The summed E-state index contributed by atoms with van der Waals surface area (Å²) in [5.41, 5.74) is 8.81. The molecule has 0 aromatic heterocycles. The molecule has 0 nitrogen and oxygen atoms in total. The summed E-state index contributed by atoms with van der Waals surface area (Å²) in [7, 11) is 0. The van der Waals surface area contributed by atoms with E-state index in [4.69, 9.17) is 0 Å². The monoisotopic (exact) mass is 322 g/mol. The first kappa shape index (κ1) is 18.8. The lowest BCUT2D eigenvalue weighted by atomic mass is 9.79. The number of benzene rings is 2. The van der Waals surface area contributed by atoms with Crippen molar-refractivity contribution in [3.63, 3.8) is 0 Å². The van der Waals surface area contributed by atoms with Crippen LogP contribution in [0.5, 0.6) is 0 Å². The van der Waals surface area contributed by atoms with E-state index in [0.29, 0.717) is 23.7 Å². The Balaban J connectivity index is 2.75. The fourth-order valence-corrected chi connectivity index (χ4v) is 3.74. The SMILES string of the molecule is CC(C)c1cccc(-c2ccc(C(C)C)c(C(C)C)c2C(C)C)c1. The van der Waals surface area contributed by atoms with Crippen molar-refractivity contribution in [1.29, 1.82) is 0 Å². The maximum absolute atomic E-state index is 2.38. The summed E-state index contributed by atoms with van der Waals surface area (Å²) >= 11 is 0. The lowest BCUT2D eigenvalue weighted by Gasteiger charge is -2.26. The number of hydrogen-bond donors (Lipinski definition) is 0. The van der Waals surface area contributed by atoms with Gasteiger partial charge in [-0.3, -0.25) is 0 Å². The van der Waals surface area contributed by atoms with Gasteiger partial charge in [0.15, 0.2) is 0 Å². The summed E-state index contributed by atoms with van der Waals surface area (Å²) in [6, 6.07) is 13.8. The van der Waals surface area contributed by atoms with Crippen molar-refractivity contribution in [2.75, 3.05) is 0 Å². The molecule has 0 bridgehead atoms. The third kappa shape index (κ3) is 3.74. The molecule has 0 aliphatic rings. The highest BCUT2D eigenvalue weighted by molar-refractivity contribution is 5.72. The molecule has 24 heavy (non-hydrogen) atoms. The molecule has 0 heterocycles. The van der Waals surface area contributed by atoms with Crippen LogP contribution in [0.1, 0.15) is 101 Å². The minimum Gasteiger partial charge on any atom is -0.0614 e. The maximum atomic E-state index is 2.38. The molecule has 0 N–H and O–H groups in total. The molecule has 0 saturated carbocycles. The van der Waals surface area contributed by atoms with Gasteiger partial charge < -0.3 is 0 Å². The van der Waals surface area contributed by atoms with E-state index in [-0.39, 0.29) is 0 Å². The van der Waals surface area contributed by atoms with Gasteiger partial charge >= 0.3 is 0 Å². The Hall–Kier alpha value is -1.56. The summed E-state index contributed by atoms with van der Waals surface area (Å²) in [5.74, 6) is 2.20. The average molecular weight is 323 g/mol. The zero-order valence-electron chi connectivity index (χ0n) is 16.8. The van der Waals surface area contributed by atoms with Gasteiger partial charge in [0, 0.05) is 0 Å². The minimum atomic E-state index is 0.527. The zero-order valence-corrected chi connectivity index (χ0v) is 16.8. The van der Waals surface area contributed by atoms with Gasteiger partial charge in [-0.05, 0) is 57.1 Å². The highest BCUT2D eigenvalue weighted by Crippen LogP contribution is 2.40. The summed E-state index contributed by atoms with van der Waals surface area (Å²) in [6.07, 6.45) is 0. The molecule has 0 saturated heterocycles. The van der Waals surface area contributed by atoms with E-state index in [1.54, 1.807) is 5.56 Å². The second-order valence-corrected chi connectivity index (χ2v) is 8.27. The number of hydrogen-bond acceptors (Lipinski definition) is 0. The van der Waals surface area contributed by atoms with Gasteiger partial charge in [0.1, 0.15) is 0 Å². The third-order valence-electron chi connectivity index (χ3n) is 4.96. The largest absolute Gasteiger partial charge is 0.0614 e. The Morgan fingerprint density at radius 1 is 0.583 bits per heavy atom. The number of rotatable bonds is 5. The Labute approximate surface area is 149 Å². The maximum Gasteiger partial charge on any atom is -0.0146 e. The first-order chi connectivity index (χ1) is 11.2. The van der Waals surface area contributed by atoms with E-state index in [9.17, 15) is 0 Å². The van der Waals surface area contributed by atoms with E-state index < -0.39 is 0 Å². The molecule has 0 aliphatic carbocycles. The van der Waals surface area contributed by atoms with Gasteiger partial charge in [-0.2, -0.15) is 0 Å². The molecule has 0 atom stereocenters. The van der Waals surface area contributed by atoms with Gasteiger partial charge in [0.25, 0.3) is 0 Å². The molecule has 0 amide bonds. The van der Waals surface area contributed by atoms with Gasteiger partial charge in [0.2, 0.25) is 0 Å². The van der Waals surface area contributed by atoms with E-state index in [1.807, 2.05) is 0 Å². The van der Waals surface area contributed by atoms with E-state index in [0.717, 1.165) is 0 Å². The Bertz CT molecular complexity index is 687. The third-order valence-corrected chi connectivity index (χ3v) is 4.96. The smallest absolute Gasteiger partial charge is 0.0146 e. The molecular weight excluding hydrogens is 288 g/mol. The summed E-state index contributed by atoms with van der Waals surface area (Å²) in [6.45, 7) is 18.5. The molecule has 0 spiro atoms. The topological polar surface area (TPSA) is 0 Å². The van der Waals surface area contributed by atoms with Crippen LogP contribution in [0.3, 0.4) is 0 Å². The average Bonchev–Trinajstić information content (AvgIpc) is 2.53. The molecule has 0 heteroatoms. The lowest BCUT2D eigenvalue weighted by Crippen LogP contribution is -2.07. The molecule has 2 aromatic rings. The van der Waals surface area contributed by atoms with Crippen LogP contribution in [-0.4, -0.2) is 0 Å². The van der Waals surface area contributed by atoms with Gasteiger partial charge in [-0.15, -0.1) is 0 Å². The van der Waals surface area contributed by atoms with Gasteiger partial charge in [-0.25, -0.2) is 0 Å². The van der Waals surface area contributed by atoms with Crippen LogP contribution in [0.4, 0.5) is 0 Å².